The lowest BCUT2D eigenvalue weighted by Crippen LogP contribution is -2.35. The summed E-state index contributed by atoms with van der Waals surface area (Å²) >= 11 is 11.8. The molecule has 0 fully saturated rings. The van der Waals surface area contributed by atoms with Gasteiger partial charge in [0.2, 0.25) is 0 Å². The Morgan fingerprint density at radius 1 is 1.29 bits per heavy atom. The van der Waals surface area contributed by atoms with Gasteiger partial charge in [-0.2, -0.15) is 0 Å². The van der Waals surface area contributed by atoms with Crippen molar-refractivity contribution in [3.63, 3.8) is 0 Å². The van der Waals surface area contributed by atoms with E-state index in [1.54, 1.807) is 6.07 Å². The number of anilines is 1. The van der Waals surface area contributed by atoms with Crippen LogP contribution in [-0.2, 0) is 0 Å². The Balaban J connectivity index is 2.94. The molecule has 0 bridgehead atoms. The molecule has 14 heavy (non-hydrogen) atoms. The second-order valence-corrected chi connectivity index (χ2v) is 4.20. The zero-order valence-corrected chi connectivity index (χ0v) is 9.81. The Morgan fingerprint density at radius 2 is 1.79 bits per heavy atom. The maximum Gasteiger partial charge on any atom is 0.0441 e. The van der Waals surface area contributed by atoms with E-state index in [0.717, 1.165) is 5.69 Å². The van der Waals surface area contributed by atoms with Crippen LogP contribution in [0.1, 0.15) is 6.92 Å². The van der Waals surface area contributed by atoms with E-state index in [1.165, 1.54) is 0 Å². The van der Waals surface area contributed by atoms with Gasteiger partial charge < -0.3 is 10.6 Å². The summed E-state index contributed by atoms with van der Waals surface area (Å²) in [5.41, 5.74) is 6.57. The highest BCUT2D eigenvalue weighted by atomic mass is 35.5. The van der Waals surface area contributed by atoms with Crippen LogP contribution in [-0.4, -0.2) is 19.6 Å². The van der Waals surface area contributed by atoms with E-state index >= 15 is 0 Å². The van der Waals surface area contributed by atoms with E-state index in [-0.39, 0.29) is 6.04 Å². The van der Waals surface area contributed by atoms with Crippen LogP contribution in [0, 0.1) is 0 Å². The fourth-order valence-corrected chi connectivity index (χ4v) is 1.67. The molecule has 1 rings (SSSR count). The summed E-state index contributed by atoms with van der Waals surface area (Å²) in [6.45, 7) is 2.65. The SMILES string of the molecule is CC(CN)N(C)c1cc(Cl)cc(Cl)c1. The Labute approximate surface area is 94.6 Å². The molecule has 1 atom stereocenters. The summed E-state index contributed by atoms with van der Waals surface area (Å²) in [5, 5.41) is 1.28. The smallest absolute Gasteiger partial charge is 0.0441 e. The number of nitrogens with zero attached hydrogens (tertiary/aromatic N) is 1. The average Bonchev–Trinajstić information content (AvgIpc) is 2.14. The minimum absolute atomic E-state index is 0.268. The Hall–Kier alpha value is -0.440. The summed E-state index contributed by atoms with van der Waals surface area (Å²) in [5.74, 6) is 0. The second kappa shape index (κ2) is 4.87. The van der Waals surface area contributed by atoms with Gasteiger partial charge in [0.15, 0.2) is 0 Å². The van der Waals surface area contributed by atoms with Crippen molar-refractivity contribution >= 4 is 28.9 Å². The van der Waals surface area contributed by atoms with Gasteiger partial charge in [0.1, 0.15) is 0 Å². The molecule has 0 spiro atoms. The molecular formula is C10H14Cl2N2. The van der Waals surface area contributed by atoms with E-state index in [0.29, 0.717) is 16.6 Å². The zero-order chi connectivity index (χ0) is 10.7. The molecule has 1 unspecified atom stereocenters. The maximum atomic E-state index is 5.90. The van der Waals surface area contributed by atoms with E-state index in [9.17, 15) is 0 Å². The summed E-state index contributed by atoms with van der Waals surface area (Å²) in [6.07, 6.45) is 0. The van der Waals surface area contributed by atoms with Crippen molar-refractivity contribution in [1.82, 2.24) is 0 Å². The molecule has 1 aromatic carbocycles. The summed E-state index contributed by atoms with van der Waals surface area (Å²) in [7, 11) is 1.97. The van der Waals surface area contributed by atoms with Crippen LogP contribution in [0.4, 0.5) is 5.69 Å². The van der Waals surface area contributed by atoms with Crippen LogP contribution in [0.25, 0.3) is 0 Å². The van der Waals surface area contributed by atoms with Crippen molar-refractivity contribution in [2.45, 2.75) is 13.0 Å². The minimum Gasteiger partial charge on any atom is -0.371 e. The Bertz CT molecular complexity index is 295. The van der Waals surface area contributed by atoms with Crippen molar-refractivity contribution in [2.24, 2.45) is 5.73 Å². The van der Waals surface area contributed by atoms with Gasteiger partial charge in [0.05, 0.1) is 0 Å². The summed E-state index contributed by atoms with van der Waals surface area (Å²) in [6, 6.07) is 5.73. The summed E-state index contributed by atoms with van der Waals surface area (Å²) in [4.78, 5) is 2.05. The molecule has 1 aromatic rings. The predicted octanol–water partition coefficient (Wildman–Crippen LogP) is 2.78. The van der Waals surface area contributed by atoms with Crippen molar-refractivity contribution < 1.29 is 0 Å². The highest BCUT2D eigenvalue weighted by Gasteiger charge is 2.09. The molecule has 0 aromatic heterocycles. The van der Waals surface area contributed by atoms with Gasteiger partial charge in [-0.3, -0.25) is 0 Å². The lowest BCUT2D eigenvalue weighted by molar-refractivity contribution is 0.695. The average molecular weight is 233 g/mol. The number of benzene rings is 1. The molecule has 0 saturated carbocycles. The third-order valence-corrected chi connectivity index (χ3v) is 2.69. The largest absolute Gasteiger partial charge is 0.371 e. The highest BCUT2D eigenvalue weighted by molar-refractivity contribution is 6.35. The van der Waals surface area contributed by atoms with Crippen LogP contribution < -0.4 is 10.6 Å². The molecule has 0 saturated heterocycles. The Morgan fingerprint density at radius 3 is 2.21 bits per heavy atom. The Kier molecular flexibility index (Phi) is 4.05. The second-order valence-electron chi connectivity index (χ2n) is 3.32. The van der Waals surface area contributed by atoms with E-state index in [2.05, 4.69) is 11.8 Å². The van der Waals surface area contributed by atoms with Gasteiger partial charge in [0, 0.05) is 35.4 Å². The van der Waals surface area contributed by atoms with Crippen LogP contribution >= 0.6 is 23.2 Å². The maximum absolute atomic E-state index is 5.90. The molecule has 0 radical (unpaired) electrons. The molecule has 0 aliphatic carbocycles. The van der Waals surface area contributed by atoms with Crippen LogP contribution in [0.15, 0.2) is 18.2 Å². The standard InChI is InChI=1S/C10H14Cl2N2/c1-7(6-13)14(2)10-4-8(11)3-9(12)5-10/h3-5,7H,6,13H2,1-2H3. The van der Waals surface area contributed by atoms with Crippen molar-refractivity contribution in [3.05, 3.63) is 28.2 Å². The lowest BCUT2D eigenvalue weighted by atomic mass is 10.2. The molecule has 2 N–H and O–H groups in total. The fraction of sp³-hybridized carbons (Fsp3) is 0.400. The quantitative estimate of drug-likeness (QED) is 0.869. The first-order valence-corrected chi connectivity index (χ1v) is 5.19. The van der Waals surface area contributed by atoms with Gasteiger partial charge in [-0.25, -0.2) is 0 Å². The monoisotopic (exact) mass is 232 g/mol. The van der Waals surface area contributed by atoms with Crippen molar-refractivity contribution in [2.75, 3.05) is 18.5 Å². The van der Waals surface area contributed by atoms with Crippen molar-refractivity contribution in [3.8, 4) is 0 Å². The van der Waals surface area contributed by atoms with E-state index in [1.807, 2.05) is 19.2 Å². The molecule has 0 aliphatic heterocycles. The van der Waals surface area contributed by atoms with E-state index in [4.69, 9.17) is 28.9 Å². The molecule has 0 aliphatic rings. The third-order valence-electron chi connectivity index (χ3n) is 2.26. The molecule has 2 nitrogen and oxygen atoms in total. The van der Waals surface area contributed by atoms with Gasteiger partial charge in [-0.15, -0.1) is 0 Å². The van der Waals surface area contributed by atoms with Gasteiger partial charge in [0.25, 0.3) is 0 Å². The van der Waals surface area contributed by atoms with Crippen LogP contribution in [0.5, 0.6) is 0 Å². The normalized spacial score (nSPS) is 12.6. The van der Waals surface area contributed by atoms with Crippen molar-refractivity contribution in [1.29, 1.82) is 0 Å². The van der Waals surface area contributed by atoms with Crippen LogP contribution in [0.3, 0.4) is 0 Å². The van der Waals surface area contributed by atoms with E-state index < -0.39 is 0 Å². The minimum atomic E-state index is 0.268. The molecular weight excluding hydrogens is 219 g/mol. The topological polar surface area (TPSA) is 29.3 Å². The highest BCUT2D eigenvalue weighted by Crippen LogP contribution is 2.25. The molecule has 0 amide bonds. The number of hydrogen-bond donors (Lipinski definition) is 1. The molecule has 4 heteroatoms. The molecule has 78 valence electrons. The van der Waals surface area contributed by atoms with Gasteiger partial charge in [-0.1, -0.05) is 23.2 Å². The number of rotatable bonds is 3. The first kappa shape index (κ1) is 11.6. The first-order chi connectivity index (χ1) is 6.54. The predicted molar refractivity (Wildman–Crippen MR) is 63.4 cm³/mol. The lowest BCUT2D eigenvalue weighted by Gasteiger charge is -2.26. The number of halogens is 2. The van der Waals surface area contributed by atoms with Crippen LogP contribution in [0.2, 0.25) is 10.0 Å². The number of nitrogens with two attached hydrogens (primary N) is 1. The first-order valence-electron chi connectivity index (χ1n) is 4.43. The number of hydrogen-bond acceptors (Lipinski definition) is 2. The molecule has 0 heterocycles. The zero-order valence-electron chi connectivity index (χ0n) is 8.30. The van der Waals surface area contributed by atoms with Gasteiger partial charge in [-0.05, 0) is 25.1 Å². The third kappa shape index (κ3) is 2.77. The fourth-order valence-electron chi connectivity index (χ4n) is 1.16. The number of likely N-dealkylation sites (N-methyl/N-ethyl adjacent to an activating group) is 1. The van der Waals surface area contributed by atoms with Gasteiger partial charge >= 0.3 is 0 Å². The summed E-state index contributed by atoms with van der Waals surface area (Å²) < 4.78 is 0.